The molecule has 0 atom stereocenters. The van der Waals surface area contributed by atoms with Crippen molar-refractivity contribution in [3.05, 3.63) is 53.6 Å². The van der Waals surface area contributed by atoms with E-state index in [1.54, 1.807) is 43.3 Å². The molecule has 0 bridgehead atoms. The van der Waals surface area contributed by atoms with E-state index in [2.05, 4.69) is 0 Å². The first-order valence-corrected chi connectivity index (χ1v) is 8.16. The molecule has 128 valence electrons. The maximum Gasteiger partial charge on any atom is 0.443 e. The van der Waals surface area contributed by atoms with E-state index in [1.165, 1.54) is 5.06 Å². The average Bonchev–Trinajstić information content (AvgIpc) is 2.56. The summed E-state index contributed by atoms with van der Waals surface area (Å²) in [5, 5.41) is 1.81. The first-order valence-electron chi connectivity index (χ1n) is 7.78. The standard InChI is InChI=1S/C18H20ClNO4/c1-3-12-20(18(21)22-4-2)24-16-10-8-15(9-11-16)23-17-7-5-6-14(19)13-17/h5-11,13H,3-4,12H2,1-2H3. The summed E-state index contributed by atoms with van der Waals surface area (Å²) in [7, 11) is 0. The van der Waals surface area contributed by atoms with E-state index >= 15 is 0 Å². The van der Waals surface area contributed by atoms with Crippen molar-refractivity contribution in [2.45, 2.75) is 20.3 Å². The molecule has 24 heavy (non-hydrogen) atoms. The van der Waals surface area contributed by atoms with Crippen molar-refractivity contribution in [2.75, 3.05) is 13.2 Å². The minimum atomic E-state index is -0.501. The summed E-state index contributed by atoms with van der Waals surface area (Å²) >= 11 is 5.93. The van der Waals surface area contributed by atoms with Crippen LogP contribution in [0.3, 0.4) is 0 Å². The van der Waals surface area contributed by atoms with Gasteiger partial charge >= 0.3 is 6.09 Å². The van der Waals surface area contributed by atoms with Crippen molar-refractivity contribution in [3.63, 3.8) is 0 Å². The first kappa shape index (κ1) is 17.9. The lowest BCUT2D eigenvalue weighted by Crippen LogP contribution is -2.35. The molecule has 0 spiro atoms. The third-order valence-corrected chi connectivity index (χ3v) is 3.20. The molecule has 1 amide bonds. The maximum atomic E-state index is 11.8. The van der Waals surface area contributed by atoms with Crippen LogP contribution in [-0.2, 0) is 4.74 Å². The Balaban J connectivity index is 2.01. The third kappa shape index (κ3) is 5.35. The molecule has 0 aromatic heterocycles. The van der Waals surface area contributed by atoms with E-state index in [0.717, 1.165) is 6.42 Å². The fraction of sp³-hybridized carbons (Fsp3) is 0.278. The Kier molecular flexibility index (Phi) is 6.75. The number of benzene rings is 2. The van der Waals surface area contributed by atoms with Crippen molar-refractivity contribution in [1.29, 1.82) is 0 Å². The second-order valence-electron chi connectivity index (χ2n) is 4.92. The third-order valence-electron chi connectivity index (χ3n) is 2.97. The molecule has 0 radical (unpaired) electrons. The van der Waals surface area contributed by atoms with Crippen LogP contribution < -0.4 is 9.57 Å². The minimum Gasteiger partial charge on any atom is -0.457 e. The van der Waals surface area contributed by atoms with Gasteiger partial charge in [-0.25, -0.2) is 4.79 Å². The predicted octanol–water partition coefficient (Wildman–Crippen LogP) is 5.29. The molecule has 2 rings (SSSR count). The Morgan fingerprint density at radius 2 is 1.75 bits per heavy atom. The zero-order valence-corrected chi connectivity index (χ0v) is 14.5. The maximum absolute atomic E-state index is 11.8. The highest BCUT2D eigenvalue weighted by molar-refractivity contribution is 6.30. The van der Waals surface area contributed by atoms with Crippen molar-refractivity contribution in [2.24, 2.45) is 0 Å². The van der Waals surface area contributed by atoms with E-state index < -0.39 is 6.09 Å². The normalized spacial score (nSPS) is 10.1. The molecular weight excluding hydrogens is 330 g/mol. The SMILES string of the molecule is CCCN(Oc1ccc(Oc2cccc(Cl)c2)cc1)C(=O)OCC. The number of halogens is 1. The van der Waals surface area contributed by atoms with Gasteiger partial charge in [0.05, 0.1) is 13.2 Å². The molecule has 0 saturated heterocycles. The van der Waals surface area contributed by atoms with Crippen LogP contribution in [-0.4, -0.2) is 24.3 Å². The zero-order chi connectivity index (χ0) is 17.4. The smallest absolute Gasteiger partial charge is 0.443 e. The van der Waals surface area contributed by atoms with Crippen LogP contribution in [0.5, 0.6) is 17.2 Å². The van der Waals surface area contributed by atoms with Crippen LogP contribution in [0.2, 0.25) is 5.02 Å². The molecule has 0 N–H and O–H groups in total. The topological polar surface area (TPSA) is 48.0 Å². The Labute approximate surface area is 146 Å². The van der Waals surface area contributed by atoms with Crippen molar-refractivity contribution < 1.29 is 19.1 Å². The van der Waals surface area contributed by atoms with Crippen molar-refractivity contribution >= 4 is 17.7 Å². The lowest BCUT2D eigenvalue weighted by molar-refractivity contribution is -0.0468. The van der Waals surface area contributed by atoms with Gasteiger partial charge < -0.3 is 14.3 Å². The zero-order valence-electron chi connectivity index (χ0n) is 13.7. The lowest BCUT2D eigenvalue weighted by Gasteiger charge is -2.21. The van der Waals surface area contributed by atoms with Gasteiger partial charge in [0.1, 0.15) is 11.5 Å². The summed E-state index contributed by atoms with van der Waals surface area (Å²) in [6.07, 6.45) is 0.257. The molecule has 0 aliphatic carbocycles. The van der Waals surface area contributed by atoms with Gasteiger partial charge in [-0.1, -0.05) is 24.6 Å². The number of rotatable bonds is 7. The summed E-state index contributed by atoms with van der Waals surface area (Å²) in [4.78, 5) is 17.4. The summed E-state index contributed by atoms with van der Waals surface area (Å²) in [5.74, 6) is 1.81. The van der Waals surface area contributed by atoms with E-state index in [1.807, 2.05) is 19.1 Å². The number of hydrogen-bond donors (Lipinski definition) is 0. The van der Waals surface area contributed by atoms with Crippen molar-refractivity contribution in [3.8, 4) is 17.2 Å². The van der Waals surface area contributed by atoms with Gasteiger partial charge in [-0.2, -0.15) is 0 Å². The predicted molar refractivity (Wildman–Crippen MR) is 92.6 cm³/mol. The average molecular weight is 350 g/mol. The Morgan fingerprint density at radius 1 is 1.04 bits per heavy atom. The monoisotopic (exact) mass is 349 g/mol. The fourth-order valence-corrected chi connectivity index (χ4v) is 2.12. The summed E-state index contributed by atoms with van der Waals surface area (Å²) in [6.45, 7) is 4.45. The largest absolute Gasteiger partial charge is 0.457 e. The molecule has 0 heterocycles. The van der Waals surface area contributed by atoms with Gasteiger partial charge in [-0.05, 0) is 55.8 Å². The Bertz CT molecular complexity index is 660. The van der Waals surface area contributed by atoms with E-state index in [4.69, 9.17) is 25.9 Å². The minimum absolute atomic E-state index is 0.300. The number of carbonyl (C=O) groups is 1. The molecule has 0 unspecified atom stereocenters. The van der Waals surface area contributed by atoms with Gasteiger partial charge in [-0.15, -0.1) is 5.06 Å². The van der Waals surface area contributed by atoms with Crippen LogP contribution in [0.25, 0.3) is 0 Å². The van der Waals surface area contributed by atoms with Crippen LogP contribution in [0.1, 0.15) is 20.3 Å². The molecule has 2 aromatic rings. The van der Waals surface area contributed by atoms with Crippen LogP contribution in [0.4, 0.5) is 4.79 Å². The number of carbonyl (C=O) groups excluding carboxylic acids is 1. The molecule has 0 fully saturated rings. The molecular formula is C18H20ClNO4. The molecule has 6 heteroatoms. The van der Waals surface area contributed by atoms with Gasteiger partial charge in [-0.3, -0.25) is 0 Å². The highest BCUT2D eigenvalue weighted by Gasteiger charge is 2.15. The van der Waals surface area contributed by atoms with E-state index in [-0.39, 0.29) is 0 Å². The highest BCUT2D eigenvalue weighted by atomic mass is 35.5. The van der Waals surface area contributed by atoms with Gasteiger partial charge in [0.15, 0.2) is 5.75 Å². The second-order valence-corrected chi connectivity index (χ2v) is 5.36. The Morgan fingerprint density at radius 3 is 2.38 bits per heavy atom. The molecule has 0 aliphatic heterocycles. The number of hydroxylamine groups is 2. The summed E-state index contributed by atoms with van der Waals surface area (Å²) in [5.41, 5.74) is 0. The lowest BCUT2D eigenvalue weighted by atomic mass is 10.3. The number of nitrogens with zero attached hydrogens (tertiary/aromatic N) is 1. The van der Waals surface area contributed by atoms with Crippen LogP contribution >= 0.6 is 11.6 Å². The second kappa shape index (κ2) is 9.03. The fourth-order valence-electron chi connectivity index (χ4n) is 1.94. The molecule has 0 aliphatic rings. The Hall–Kier alpha value is -2.40. The van der Waals surface area contributed by atoms with Gasteiger partial charge in [0.25, 0.3) is 0 Å². The van der Waals surface area contributed by atoms with E-state index in [0.29, 0.717) is 35.4 Å². The highest BCUT2D eigenvalue weighted by Crippen LogP contribution is 2.26. The van der Waals surface area contributed by atoms with Crippen LogP contribution in [0.15, 0.2) is 48.5 Å². The van der Waals surface area contributed by atoms with Gasteiger partial charge in [0.2, 0.25) is 0 Å². The first-order chi connectivity index (χ1) is 11.6. The number of ether oxygens (including phenoxy) is 2. The summed E-state index contributed by atoms with van der Waals surface area (Å²) in [6, 6.07) is 14.1. The van der Waals surface area contributed by atoms with Crippen LogP contribution in [0, 0.1) is 0 Å². The van der Waals surface area contributed by atoms with E-state index in [9.17, 15) is 4.79 Å². The molecule has 0 saturated carbocycles. The quantitative estimate of drug-likeness (QED) is 0.637. The molecule has 5 nitrogen and oxygen atoms in total. The summed E-state index contributed by atoms with van der Waals surface area (Å²) < 4.78 is 10.7. The van der Waals surface area contributed by atoms with Gasteiger partial charge in [0, 0.05) is 5.02 Å². The molecule has 2 aromatic carbocycles. The number of hydrogen-bond acceptors (Lipinski definition) is 4. The number of amides is 1. The van der Waals surface area contributed by atoms with Crippen molar-refractivity contribution in [1.82, 2.24) is 5.06 Å².